The highest BCUT2D eigenvalue weighted by atomic mass is 15.1. The second-order valence-corrected chi connectivity index (χ2v) is 5.76. The molecule has 0 amide bonds. The van der Waals surface area contributed by atoms with Crippen molar-refractivity contribution >= 4 is 11.5 Å². The predicted octanol–water partition coefficient (Wildman–Crippen LogP) is 3.83. The molecule has 2 heterocycles. The van der Waals surface area contributed by atoms with Crippen LogP contribution in [0.2, 0.25) is 0 Å². The van der Waals surface area contributed by atoms with Gasteiger partial charge in [-0.05, 0) is 44.4 Å². The van der Waals surface area contributed by atoms with Crippen LogP contribution in [0.1, 0.15) is 35.1 Å². The summed E-state index contributed by atoms with van der Waals surface area (Å²) in [5, 5.41) is 3.54. The van der Waals surface area contributed by atoms with Crippen molar-refractivity contribution in [1.82, 2.24) is 14.4 Å². The lowest BCUT2D eigenvalue weighted by molar-refractivity contribution is 1.01. The van der Waals surface area contributed by atoms with Crippen LogP contribution in [-0.4, -0.2) is 14.4 Å². The molecule has 3 rings (SSSR count). The molecule has 0 unspecified atom stereocenters. The number of fused-ring (bicyclic) bond motifs is 1. The fourth-order valence-electron chi connectivity index (χ4n) is 2.86. The molecule has 0 aliphatic rings. The second kappa shape index (κ2) is 5.79. The van der Waals surface area contributed by atoms with Crippen LogP contribution in [0.5, 0.6) is 0 Å². The van der Waals surface area contributed by atoms with E-state index in [0.717, 1.165) is 29.3 Å². The highest BCUT2D eigenvalue weighted by Gasteiger charge is 2.08. The van der Waals surface area contributed by atoms with E-state index in [0.29, 0.717) is 6.54 Å². The number of nitrogens with zero attached hydrogens (tertiary/aromatic N) is 3. The molecule has 1 aromatic carbocycles. The molecule has 0 bridgehead atoms. The van der Waals surface area contributed by atoms with Crippen molar-refractivity contribution in [2.45, 2.75) is 40.7 Å². The van der Waals surface area contributed by atoms with E-state index >= 15 is 0 Å². The number of para-hydroxylation sites is 1. The molecule has 0 atom stereocenters. The number of aryl methyl sites for hydroxylation is 4. The highest BCUT2D eigenvalue weighted by molar-refractivity contribution is 5.57. The minimum atomic E-state index is 0.708. The standard InChI is InChI=1S/C18H22N4/c1-5-15-8-6-7-12(2)17(15)19-10-16-11-22-14(4)9-13(3)20-18(22)21-16/h6-9,11,19H,5,10H2,1-4H3. The number of anilines is 1. The maximum Gasteiger partial charge on any atom is 0.234 e. The number of hydrogen-bond donors (Lipinski definition) is 1. The first-order chi connectivity index (χ1) is 10.6. The summed E-state index contributed by atoms with van der Waals surface area (Å²) < 4.78 is 2.04. The summed E-state index contributed by atoms with van der Waals surface area (Å²) in [6.07, 6.45) is 3.09. The first kappa shape index (κ1) is 14.6. The lowest BCUT2D eigenvalue weighted by Gasteiger charge is -2.12. The van der Waals surface area contributed by atoms with Crippen LogP contribution >= 0.6 is 0 Å². The molecule has 22 heavy (non-hydrogen) atoms. The largest absolute Gasteiger partial charge is 0.379 e. The summed E-state index contributed by atoms with van der Waals surface area (Å²) in [6, 6.07) is 8.50. The zero-order chi connectivity index (χ0) is 15.7. The van der Waals surface area contributed by atoms with Gasteiger partial charge in [0.2, 0.25) is 5.78 Å². The topological polar surface area (TPSA) is 42.2 Å². The van der Waals surface area contributed by atoms with Crippen molar-refractivity contribution in [1.29, 1.82) is 0 Å². The van der Waals surface area contributed by atoms with Gasteiger partial charge in [-0.3, -0.25) is 4.40 Å². The molecule has 0 radical (unpaired) electrons. The van der Waals surface area contributed by atoms with Crippen LogP contribution in [-0.2, 0) is 13.0 Å². The number of nitrogens with one attached hydrogen (secondary N) is 1. The van der Waals surface area contributed by atoms with E-state index in [1.54, 1.807) is 0 Å². The Hall–Kier alpha value is -2.36. The van der Waals surface area contributed by atoms with Gasteiger partial charge in [-0.1, -0.05) is 25.1 Å². The number of hydrogen-bond acceptors (Lipinski definition) is 3. The van der Waals surface area contributed by atoms with Crippen molar-refractivity contribution in [3.8, 4) is 0 Å². The molecule has 0 saturated heterocycles. The molecule has 2 aromatic heterocycles. The van der Waals surface area contributed by atoms with Crippen molar-refractivity contribution < 1.29 is 0 Å². The molecule has 0 spiro atoms. The van der Waals surface area contributed by atoms with Gasteiger partial charge in [0, 0.05) is 23.3 Å². The first-order valence-electron chi connectivity index (χ1n) is 7.73. The Kier molecular flexibility index (Phi) is 3.84. The van der Waals surface area contributed by atoms with Gasteiger partial charge in [0.25, 0.3) is 0 Å². The average Bonchev–Trinajstić information content (AvgIpc) is 2.89. The smallest absolute Gasteiger partial charge is 0.234 e. The van der Waals surface area contributed by atoms with Crippen LogP contribution < -0.4 is 5.32 Å². The Labute approximate surface area is 131 Å². The number of rotatable bonds is 4. The lowest BCUT2D eigenvalue weighted by Crippen LogP contribution is -2.04. The van der Waals surface area contributed by atoms with Crippen LogP contribution in [0, 0.1) is 20.8 Å². The van der Waals surface area contributed by atoms with E-state index in [-0.39, 0.29) is 0 Å². The maximum atomic E-state index is 4.62. The second-order valence-electron chi connectivity index (χ2n) is 5.76. The third-order valence-corrected chi connectivity index (χ3v) is 4.00. The van der Waals surface area contributed by atoms with E-state index in [1.807, 2.05) is 11.3 Å². The maximum absolute atomic E-state index is 4.62. The fourth-order valence-corrected chi connectivity index (χ4v) is 2.86. The van der Waals surface area contributed by atoms with Gasteiger partial charge in [-0.15, -0.1) is 0 Å². The molecular formula is C18H22N4. The summed E-state index contributed by atoms with van der Waals surface area (Å²) in [6.45, 7) is 9.11. The van der Waals surface area contributed by atoms with E-state index < -0.39 is 0 Å². The zero-order valence-electron chi connectivity index (χ0n) is 13.6. The quantitative estimate of drug-likeness (QED) is 0.795. The van der Waals surface area contributed by atoms with E-state index in [1.165, 1.54) is 16.8 Å². The molecule has 0 fully saturated rings. The molecule has 4 nitrogen and oxygen atoms in total. The van der Waals surface area contributed by atoms with Gasteiger partial charge in [0.15, 0.2) is 0 Å². The normalized spacial score (nSPS) is 11.1. The molecule has 4 heteroatoms. The minimum Gasteiger partial charge on any atom is -0.379 e. The van der Waals surface area contributed by atoms with Crippen molar-refractivity contribution in [2.24, 2.45) is 0 Å². The molecular weight excluding hydrogens is 272 g/mol. The minimum absolute atomic E-state index is 0.708. The van der Waals surface area contributed by atoms with Gasteiger partial charge in [-0.25, -0.2) is 9.97 Å². The predicted molar refractivity (Wildman–Crippen MR) is 90.3 cm³/mol. The first-order valence-corrected chi connectivity index (χ1v) is 7.73. The Balaban J connectivity index is 1.87. The summed E-state index contributed by atoms with van der Waals surface area (Å²) in [4.78, 5) is 9.11. The van der Waals surface area contributed by atoms with Crippen LogP contribution in [0.4, 0.5) is 5.69 Å². The van der Waals surface area contributed by atoms with Crippen molar-refractivity contribution in [3.63, 3.8) is 0 Å². The third kappa shape index (κ3) is 2.69. The van der Waals surface area contributed by atoms with Crippen molar-refractivity contribution in [2.75, 3.05) is 5.32 Å². The summed E-state index contributed by atoms with van der Waals surface area (Å²) in [5.41, 5.74) is 7.00. The molecule has 0 saturated carbocycles. The zero-order valence-corrected chi connectivity index (χ0v) is 13.6. The molecule has 0 aliphatic carbocycles. The van der Waals surface area contributed by atoms with E-state index in [9.17, 15) is 0 Å². The number of aromatic nitrogens is 3. The monoisotopic (exact) mass is 294 g/mol. The van der Waals surface area contributed by atoms with E-state index in [4.69, 9.17) is 0 Å². The third-order valence-electron chi connectivity index (χ3n) is 4.00. The van der Waals surface area contributed by atoms with Gasteiger partial charge in [0.1, 0.15) is 0 Å². The SMILES string of the molecule is CCc1cccc(C)c1NCc1cn2c(C)cc(C)nc2n1. The molecule has 1 N–H and O–H groups in total. The number of imidazole rings is 1. The Bertz CT molecular complexity index is 817. The molecule has 3 aromatic rings. The summed E-state index contributed by atoms with van der Waals surface area (Å²) in [5.74, 6) is 0.773. The highest BCUT2D eigenvalue weighted by Crippen LogP contribution is 2.21. The Morgan fingerprint density at radius 3 is 2.73 bits per heavy atom. The number of benzene rings is 1. The lowest BCUT2D eigenvalue weighted by atomic mass is 10.1. The van der Waals surface area contributed by atoms with Crippen molar-refractivity contribution in [3.05, 3.63) is 58.7 Å². The summed E-state index contributed by atoms with van der Waals surface area (Å²) in [7, 11) is 0. The molecule has 114 valence electrons. The van der Waals surface area contributed by atoms with Crippen LogP contribution in [0.25, 0.3) is 5.78 Å². The van der Waals surface area contributed by atoms with Gasteiger partial charge in [-0.2, -0.15) is 0 Å². The van der Waals surface area contributed by atoms with Gasteiger partial charge < -0.3 is 5.32 Å². The van der Waals surface area contributed by atoms with Gasteiger partial charge >= 0.3 is 0 Å². The Morgan fingerprint density at radius 2 is 1.95 bits per heavy atom. The van der Waals surface area contributed by atoms with E-state index in [2.05, 4.69) is 66.5 Å². The molecule has 0 aliphatic heterocycles. The Morgan fingerprint density at radius 1 is 1.14 bits per heavy atom. The van der Waals surface area contributed by atoms with Crippen LogP contribution in [0.3, 0.4) is 0 Å². The van der Waals surface area contributed by atoms with Gasteiger partial charge in [0.05, 0.1) is 12.2 Å². The van der Waals surface area contributed by atoms with Crippen LogP contribution in [0.15, 0.2) is 30.5 Å². The summed E-state index contributed by atoms with van der Waals surface area (Å²) >= 11 is 0. The average molecular weight is 294 g/mol. The fraction of sp³-hybridized carbons (Fsp3) is 0.333.